The second-order valence-corrected chi connectivity index (χ2v) is 22.3. The van der Waals surface area contributed by atoms with Gasteiger partial charge in [0, 0.05) is 35.0 Å². The molecule has 7 aromatic rings. The quantitative estimate of drug-likeness (QED) is 0.160. The molecule has 0 bridgehead atoms. The lowest BCUT2D eigenvalue weighted by Gasteiger charge is -2.44. The fourth-order valence-electron chi connectivity index (χ4n) is 10.6. The molecule has 1 aliphatic heterocycles. The summed E-state index contributed by atoms with van der Waals surface area (Å²) in [5.74, 6) is 3.22. The van der Waals surface area contributed by atoms with Crippen molar-refractivity contribution in [2.75, 3.05) is 4.90 Å². The highest BCUT2D eigenvalue weighted by Crippen LogP contribution is 2.58. The number of benzene rings is 5. The number of aryl methyl sites for hydroxylation is 4. The Balaban J connectivity index is 1.23. The summed E-state index contributed by atoms with van der Waals surface area (Å²) >= 11 is 0. The SMILES string of the molecule is Cc1cc(Oc2cc(C3=N[C@]4(C)Cc5cc(C)c(C)cc5[C@]4(C)N3c3c(C(C)C)cccc3C(C)C)cc(C(C)(C)C)c2)cc(-n2c3ccc(C(C)(C)C)cc3c3cc(C)cnc32)c1. The van der Waals surface area contributed by atoms with Crippen LogP contribution in [0, 0.1) is 27.7 Å². The molecule has 0 fully saturated rings. The Morgan fingerprint density at radius 3 is 1.97 bits per heavy atom. The van der Waals surface area contributed by atoms with Crippen molar-refractivity contribution in [2.45, 2.75) is 151 Å². The molecule has 0 saturated carbocycles. The number of para-hydroxylation sites is 1. The monoisotopic (exact) mass is 849 g/mol. The zero-order valence-corrected chi connectivity index (χ0v) is 41.3. The summed E-state index contributed by atoms with van der Waals surface area (Å²) in [5, 5.41) is 2.38. The van der Waals surface area contributed by atoms with Crippen molar-refractivity contribution in [3.8, 4) is 17.2 Å². The van der Waals surface area contributed by atoms with Gasteiger partial charge in [-0.1, -0.05) is 106 Å². The molecule has 64 heavy (non-hydrogen) atoms. The first-order valence-corrected chi connectivity index (χ1v) is 23.5. The van der Waals surface area contributed by atoms with E-state index in [2.05, 4.69) is 211 Å². The number of fused-ring (bicyclic) bond motifs is 6. The van der Waals surface area contributed by atoms with Gasteiger partial charge in [-0.3, -0.25) is 9.56 Å². The highest BCUT2D eigenvalue weighted by atomic mass is 16.5. The molecule has 2 aliphatic rings. The highest BCUT2D eigenvalue weighted by molar-refractivity contribution is 6.14. The van der Waals surface area contributed by atoms with E-state index in [0.29, 0.717) is 11.8 Å². The predicted molar refractivity (Wildman–Crippen MR) is 271 cm³/mol. The minimum absolute atomic E-state index is 0.0249. The fraction of sp³-hybridized carbons (Fsp3) is 0.390. The average molecular weight is 849 g/mol. The number of aliphatic imine (C=N–C) groups is 1. The number of hydrogen-bond acceptors (Lipinski definition) is 4. The zero-order chi connectivity index (χ0) is 46.0. The molecule has 0 saturated heterocycles. The minimum Gasteiger partial charge on any atom is -0.457 e. The van der Waals surface area contributed by atoms with Crippen molar-refractivity contribution in [3.05, 3.63) is 158 Å². The molecule has 0 spiro atoms. The van der Waals surface area contributed by atoms with Crippen molar-refractivity contribution < 1.29 is 4.74 Å². The van der Waals surface area contributed by atoms with Crippen LogP contribution < -0.4 is 9.64 Å². The van der Waals surface area contributed by atoms with Crippen LogP contribution in [0.15, 0.2) is 102 Å². The van der Waals surface area contributed by atoms with Gasteiger partial charge in [0.25, 0.3) is 0 Å². The van der Waals surface area contributed by atoms with Crippen molar-refractivity contribution in [2.24, 2.45) is 4.99 Å². The molecule has 330 valence electrons. The molecule has 0 N–H and O–H groups in total. The lowest BCUT2D eigenvalue weighted by atomic mass is 9.78. The van der Waals surface area contributed by atoms with Gasteiger partial charge in [0.15, 0.2) is 0 Å². The first kappa shape index (κ1) is 43.6. The van der Waals surface area contributed by atoms with Crippen molar-refractivity contribution >= 4 is 33.5 Å². The topological polar surface area (TPSA) is 42.6 Å². The van der Waals surface area contributed by atoms with E-state index in [1.165, 1.54) is 55.6 Å². The zero-order valence-electron chi connectivity index (χ0n) is 41.3. The third-order valence-corrected chi connectivity index (χ3v) is 14.6. The lowest BCUT2D eigenvalue weighted by Crippen LogP contribution is -2.52. The van der Waals surface area contributed by atoms with E-state index < -0.39 is 11.1 Å². The van der Waals surface area contributed by atoms with Gasteiger partial charge in [0.05, 0.1) is 28.0 Å². The molecule has 0 amide bonds. The molecule has 9 rings (SSSR count). The van der Waals surface area contributed by atoms with Crippen LogP contribution in [0.25, 0.3) is 27.6 Å². The number of aromatic nitrogens is 2. The van der Waals surface area contributed by atoms with E-state index in [1.807, 2.05) is 6.20 Å². The molecular formula is C59H68N4O. The molecule has 3 heterocycles. The largest absolute Gasteiger partial charge is 0.457 e. The summed E-state index contributed by atoms with van der Waals surface area (Å²) in [7, 11) is 0. The second kappa shape index (κ2) is 14.9. The fourth-order valence-corrected chi connectivity index (χ4v) is 10.6. The van der Waals surface area contributed by atoms with Crippen LogP contribution in [0.3, 0.4) is 0 Å². The standard InChI is InChI=1S/C59H68N4O/c1-34(2)47-18-17-19-48(35(3)4)53(47)63-54(61-58(15)32-41-25-38(7)39(8)26-51(41)59(58,63)16)40-27-43(57(12,13)14)29-46(28-40)64-45-23-36(5)22-44(31-45)62-52-21-20-42(56(9,10)11)30-49(52)50-24-37(6)33-60-55(50)62/h17-31,33-35H,32H2,1-16H3/t58-,59+/m1/s1. The molecule has 0 unspecified atom stereocenters. The van der Waals surface area contributed by atoms with Crippen LogP contribution in [0.5, 0.6) is 11.5 Å². The first-order chi connectivity index (χ1) is 30.0. The summed E-state index contributed by atoms with van der Waals surface area (Å²) in [6.45, 7) is 36.6. The summed E-state index contributed by atoms with van der Waals surface area (Å²) in [5.41, 5.74) is 17.4. The van der Waals surface area contributed by atoms with Gasteiger partial charge in [-0.05, 0) is 168 Å². The van der Waals surface area contributed by atoms with Crippen molar-refractivity contribution in [3.63, 3.8) is 0 Å². The normalized spacial score (nSPS) is 18.7. The maximum atomic E-state index is 7.13. The molecule has 5 heteroatoms. The number of rotatable bonds is 7. The number of hydrogen-bond donors (Lipinski definition) is 0. The number of ether oxygens (including phenoxy) is 1. The summed E-state index contributed by atoms with van der Waals surface area (Å²) in [6, 6.07) is 34.4. The van der Waals surface area contributed by atoms with Crippen LogP contribution in [0.2, 0.25) is 0 Å². The van der Waals surface area contributed by atoms with Gasteiger partial charge in [-0.15, -0.1) is 0 Å². The van der Waals surface area contributed by atoms with Gasteiger partial charge >= 0.3 is 0 Å². The molecule has 0 radical (unpaired) electrons. The van der Waals surface area contributed by atoms with E-state index in [1.54, 1.807) is 0 Å². The molecular weight excluding hydrogens is 781 g/mol. The Morgan fingerprint density at radius 2 is 1.31 bits per heavy atom. The Hall–Kier alpha value is -5.68. The first-order valence-electron chi connectivity index (χ1n) is 23.5. The van der Waals surface area contributed by atoms with Crippen LogP contribution in [0.4, 0.5) is 5.69 Å². The summed E-state index contributed by atoms with van der Waals surface area (Å²) < 4.78 is 9.43. The Bertz CT molecular complexity index is 3030. The van der Waals surface area contributed by atoms with E-state index in [-0.39, 0.29) is 10.8 Å². The van der Waals surface area contributed by atoms with Gasteiger partial charge in [0.2, 0.25) is 0 Å². The van der Waals surface area contributed by atoms with Crippen LogP contribution in [-0.2, 0) is 22.8 Å². The number of nitrogens with zero attached hydrogens (tertiary/aromatic N) is 4. The maximum absolute atomic E-state index is 7.13. The van der Waals surface area contributed by atoms with Crippen molar-refractivity contribution in [1.82, 2.24) is 9.55 Å². The van der Waals surface area contributed by atoms with Gasteiger partial charge in [0.1, 0.15) is 23.0 Å². The van der Waals surface area contributed by atoms with E-state index >= 15 is 0 Å². The summed E-state index contributed by atoms with van der Waals surface area (Å²) in [4.78, 5) is 13.7. The second-order valence-electron chi connectivity index (χ2n) is 22.3. The third-order valence-electron chi connectivity index (χ3n) is 14.6. The Labute approximate surface area is 382 Å². The predicted octanol–water partition coefficient (Wildman–Crippen LogP) is 15.5. The van der Waals surface area contributed by atoms with E-state index in [4.69, 9.17) is 14.7 Å². The summed E-state index contributed by atoms with van der Waals surface area (Å²) in [6.07, 6.45) is 2.85. The van der Waals surface area contributed by atoms with E-state index in [0.717, 1.165) is 62.7 Å². The Morgan fingerprint density at radius 1 is 0.656 bits per heavy atom. The minimum atomic E-state index is -0.433. The Kier molecular flexibility index (Phi) is 10.2. The third kappa shape index (κ3) is 6.96. The van der Waals surface area contributed by atoms with Crippen LogP contribution in [-0.4, -0.2) is 20.9 Å². The maximum Gasteiger partial charge on any atom is 0.145 e. The van der Waals surface area contributed by atoms with Crippen LogP contribution in [0.1, 0.15) is 156 Å². The van der Waals surface area contributed by atoms with Crippen LogP contribution >= 0.6 is 0 Å². The van der Waals surface area contributed by atoms with Gasteiger partial charge in [-0.2, -0.15) is 0 Å². The lowest BCUT2D eigenvalue weighted by molar-refractivity contribution is 0.321. The van der Waals surface area contributed by atoms with Gasteiger partial charge < -0.3 is 9.64 Å². The molecule has 5 nitrogen and oxygen atoms in total. The van der Waals surface area contributed by atoms with Gasteiger partial charge in [-0.25, -0.2) is 4.98 Å². The number of amidine groups is 1. The molecule has 5 aromatic carbocycles. The van der Waals surface area contributed by atoms with E-state index in [9.17, 15) is 0 Å². The number of pyridine rings is 1. The highest BCUT2D eigenvalue weighted by Gasteiger charge is 2.62. The molecule has 2 aromatic heterocycles. The van der Waals surface area contributed by atoms with Crippen molar-refractivity contribution in [1.29, 1.82) is 0 Å². The molecule has 1 aliphatic carbocycles. The average Bonchev–Trinajstić information content (AvgIpc) is 3.73. The molecule has 2 atom stereocenters. The number of anilines is 1. The smallest absolute Gasteiger partial charge is 0.145 e.